The van der Waals surface area contributed by atoms with Gasteiger partial charge in [0, 0.05) is 66.7 Å². The first kappa shape index (κ1) is 32.4. The highest BCUT2D eigenvalue weighted by molar-refractivity contribution is 6.27. The van der Waals surface area contributed by atoms with Crippen LogP contribution in [0.4, 0.5) is 17.1 Å². The number of fused-ring (bicyclic) bond motifs is 9. The van der Waals surface area contributed by atoms with Crippen molar-refractivity contribution in [1.29, 1.82) is 0 Å². The summed E-state index contributed by atoms with van der Waals surface area (Å²) >= 11 is 0. The van der Waals surface area contributed by atoms with E-state index in [-0.39, 0.29) is 0 Å². The van der Waals surface area contributed by atoms with E-state index < -0.39 is 0 Å². The van der Waals surface area contributed by atoms with E-state index in [1.54, 1.807) is 0 Å². The van der Waals surface area contributed by atoms with E-state index in [0.717, 1.165) is 99.9 Å². The zero-order chi connectivity index (χ0) is 38.2. The van der Waals surface area contributed by atoms with Crippen LogP contribution in [0.15, 0.2) is 215 Å². The molecule has 0 N–H and O–H groups in total. The highest BCUT2D eigenvalue weighted by atomic mass is 16.3. The number of hydrogen-bond donors (Lipinski definition) is 0. The molecule has 0 amide bonds. The number of benzene rings is 9. The van der Waals surface area contributed by atoms with E-state index in [9.17, 15) is 0 Å². The number of hydrogen-bond acceptors (Lipinski definition) is 3. The second-order valence-corrected chi connectivity index (χ2v) is 14.9. The first-order valence-electron chi connectivity index (χ1n) is 19.7. The summed E-state index contributed by atoms with van der Waals surface area (Å²) in [5, 5.41) is 6.76. The van der Waals surface area contributed by atoms with Gasteiger partial charge in [-0.1, -0.05) is 115 Å². The molecule has 0 bridgehead atoms. The van der Waals surface area contributed by atoms with Gasteiger partial charge in [0.05, 0.1) is 11.0 Å². The molecule has 0 fully saturated rings. The lowest BCUT2D eigenvalue weighted by Gasteiger charge is -2.25. The topological polar surface area (TPSA) is 34.5 Å². The Labute approximate surface area is 334 Å². The monoisotopic (exact) mass is 742 g/mol. The van der Waals surface area contributed by atoms with Crippen LogP contribution in [0.3, 0.4) is 0 Å². The molecule has 12 aromatic rings. The first-order valence-corrected chi connectivity index (χ1v) is 19.7. The fourth-order valence-corrected chi connectivity index (χ4v) is 8.99. The van der Waals surface area contributed by atoms with Gasteiger partial charge in [0.1, 0.15) is 22.3 Å². The molecule has 0 aliphatic rings. The molecular weight excluding hydrogens is 709 g/mol. The largest absolute Gasteiger partial charge is 0.456 e. The van der Waals surface area contributed by atoms with Crippen LogP contribution in [-0.4, -0.2) is 4.57 Å². The predicted molar refractivity (Wildman–Crippen MR) is 241 cm³/mol. The summed E-state index contributed by atoms with van der Waals surface area (Å²) in [5.41, 5.74) is 14.6. The molecule has 0 atom stereocenters. The molecule has 0 unspecified atom stereocenters. The molecule has 12 rings (SSSR count). The first-order chi connectivity index (χ1) is 28.8. The van der Waals surface area contributed by atoms with Gasteiger partial charge in [0.2, 0.25) is 0 Å². The second-order valence-electron chi connectivity index (χ2n) is 14.9. The zero-order valence-electron chi connectivity index (χ0n) is 31.3. The summed E-state index contributed by atoms with van der Waals surface area (Å²) in [6.45, 7) is 0. The van der Waals surface area contributed by atoms with Crippen molar-refractivity contribution in [3.8, 4) is 27.9 Å². The van der Waals surface area contributed by atoms with Gasteiger partial charge >= 0.3 is 0 Å². The van der Waals surface area contributed by atoms with E-state index in [0.29, 0.717) is 0 Å². The Bertz CT molecular complexity index is 3450. The molecule has 9 aromatic carbocycles. The molecule has 3 heterocycles. The number of aromatic nitrogens is 1. The highest BCUT2D eigenvalue weighted by Gasteiger charge is 2.24. The van der Waals surface area contributed by atoms with Crippen molar-refractivity contribution in [3.63, 3.8) is 0 Å². The van der Waals surface area contributed by atoms with Gasteiger partial charge in [-0.05, 0) is 102 Å². The Morgan fingerprint density at radius 3 is 1.60 bits per heavy atom. The lowest BCUT2D eigenvalue weighted by Crippen LogP contribution is -2.09. The molecule has 0 saturated carbocycles. The van der Waals surface area contributed by atoms with Crippen LogP contribution >= 0.6 is 0 Å². The molecule has 4 nitrogen and oxygen atoms in total. The van der Waals surface area contributed by atoms with Crippen molar-refractivity contribution in [2.45, 2.75) is 0 Å². The van der Waals surface area contributed by atoms with Crippen molar-refractivity contribution in [3.05, 3.63) is 206 Å². The molecule has 272 valence electrons. The van der Waals surface area contributed by atoms with E-state index in [1.807, 2.05) is 18.2 Å². The number of para-hydroxylation sites is 5. The van der Waals surface area contributed by atoms with Crippen molar-refractivity contribution >= 4 is 82.7 Å². The quantitative estimate of drug-likeness (QED) is 0.170. The van der Waals surface area contributed by atoms with Gasteiger partial charge in [0.15, 0.2) is 0 Å². The average molecular weight is 743 g/mol. The molecule has 4 heteroatoms. The maximum Gasteiger partial charge on any atom is 0.138 e. The minimum Gasteiger partial charge on any atom is -0.456 e. The number of anilines is 3. The lowest BCUT2D eigenvalue weighted by molar-refractivity contribution is 0.668. The predicted octanol–water partition coefficient (Wildman–Crippen LogP) is 15.4. The third-order valence-corrected chi connectivity index (χ3v) is 11.6. The van der Waals surface area contributed by atoms with Gasteiger partial charge < -0.3 is 18.3 Å². The van der Waals surface area contributed by atoms with Crippen LogP contribution in [0.5, 0.6) is 0 Å². The fourth-order valence-electron chi connectivity index (χ4n) is 8.99. The minimum atomic E-state index is 0.852. The smallest absolute Gasteiger partial charge is 0.138 e. The van der Waals surface area contributed by atoms with E-state index >= 15 is 0 Å². The van der Waals surface area contributed by atoms with Crippen LogP contribution in [0.1, 0.15) is 0 Å². The molecule has 0 saturated heterocycles. The summed E-state index contributed by atoms with van der Waals surface area (Å²) in [7, 11) is 0. The standard InChI is InChI=1S/C54H34N2O2/c1-4-14-38(15-5-1)55(39-16-6-2-7-17-39)41-28-24-35(25-29-41)36-27-31-46-45(32-36)53-47(56(46)40-18-8-3-9-19-40)34-51-54(44-21-11-13-23-49(44)58-51)52(53)37-26-30-43-42-20-10-12-22-48(42)57-50(43)33-37/h1-34H. The molecule has 58 heavy (non-hydrogen) atoms. The van der Waals surface area contributed by atoms with Crippen molar-refractivity contribution in [2.24, 2.45) is 0 Å². The summed E-state index contributed by atoms with van der Waals surface area (Å²) in [4.78, 5) is 2.30. The van der Waals surface area contributed by atoms with Gasteiger partial charge in [-0.25, -0.2) is 0 Å². The third kappa shape index (κ3) is 5.02. The normalized spacial score (nSPS) is 11.8. The Kier molecular flexibility index (Phi) is 7.20. The van der Waals surface area contributed by atoms with Crippen molar-refractivity contribution in [2.75, 3.05) is 4.90 Å². The van der Waals surface area contributed by atoms with Gasteiger partial charge in [-0.3, -0.25) is 0 Å². The Morgan fingerprint density at radius 2 is 0.879 bits per heavy atom. The van der Waals surface area contributed by atoms with Crippen LogP contribution < -0.4 is 4.90 Å². The maximum absolute atomic E-state index is 6.69. The minimum absolute atomic E-state index is 0.852. The summed E-state index contributed by atoms with van der Waals surface area (Å²) in [6.07, 6.45) is 0. The highest BCUT2D eigenvalue weighted by Crippen LogP contribution is 2.48. The van der Waals surface area contributed by atoms with Crippen molar-refractivity contribution in [1.82, 2.24) is 4.57 Å². The number of rotatable bonds is 6. The SMILES string of the molecule is c1ccc(N(c2ccccc2)c2ccc(-c3ccc4c(c3)c3c(-c5ccc6c(c5)oc5ccccc56)c5c(cc3n4-c3ccccc3)oc3ccccc35)cc2)cc1. The second kappa shape index (κ2) is 12.9. The summed E-state index contributed by atoms with van der Waals surface area (Å²) in [6, 6.07) is 73.1. The Balaban J connectivity index is 1.12. The molecular formula is C54H34N2O2. The summed E-state index contributed by atoms with van der Waals surface area (Å²) < 4.78 is 15.6. The van der Waals surface area contributed by atoms with Gasteiger partial charge in [-0.15, -0.1) is 0 Å². The van der Waals surface area contributed by atoms with Crippen LogP contribution in [0.2, 0.25) is 0 Å². The lowest BCUT2D eigenvalue weighted by atomic mass is 9.93. The Morgan fingerprint density at radius 1 is 0.328 bits per heavy atom. The van der Waals surface area contributed by atoms with Crippen LogP contribution in [0.25, 0.3) is 93.6 Å². The molecule has 0 aliphatic carbocycles. The summed E-state index contributed by atoms with van der Waals surface area (Å²) in [5.74, 6) is 0. The number of nitrogens with zero attached hydrogens (tertiary/aromatic N) is 2. The molecule has 3 aromatic heterocycles. The average Bonchev–Trinajstić information content (AvgIpc) is 3.96. The van der Waals surface area contributed by atoms with Gasteiger partial charge in [-0.2, -0.15) is 0 Å². The van der Waals surface area contributed by atoms with E-state index in [4.69, 9.17) is 8.83 Å². The van der Waals surface area contributed by atoms with Gasteiger partial charge in [0.25, 0.3) is 0 Å². The molecule has 0 spiro atoms. The van der Waals surface area contributed by atoms with E-state index in [2.05, 4.69) is 198 Å². The third-order valence-electron chi connectivity index (χ3n) is 11.6. The van der Waals surface area contributed by atoms with E-state index in [1.165, 1.54) is 10.8 Å². The molecule has 0 radical (unpaired) electrons. The van der Waals surface area contributed by atoms with Crippen molar-refractivity contribution < 1.29 is 8.83 Å². The number of furan rings is 2. The zero-order valence-corrected chi connectivity index (χ0v) is 31.3. The van der Waals surface area contributed by atoms with Crippen LogP contribution in [0, 0.1) is 0 Å². The molecule has 0 aliphatic heterocycles. The fraction of sp³-hybridized carbons (Fsp3) is 0. The maximum atomic E-state index is 6.69. The van der Waals surface area contributed by atoms with Crippen LogP contribution in [-0.2, 0) is 0 Å². The Hall–Kier alpha value is -7.82.